The second kappa shape index (κ2) is 8.98. The van der Waals surface area contributed by atoms with Gasteiger partial charge >= 0.3 is 12.1 Å². The van der Waals surface area contributed by atoms with Crippen molar-refractivity contribution in [3.05, 3.63) is 60.2 Å². The summed E-state index contributed by atoms with van der Waals surface area (Å²) < 4.78 is 9.70. The summed E-state index contributed by atoms with van der Waals surface area (Å²) >= 11 is 1.08. The molecule has 0 unspecified atom stereocenters. The number of ether oxygens (including phenoxy) is 2. The number of aromatic nitrogens is 1. The van der Waals surface area contributed by atoms with Gasteiger partial charge in [-0.1, -0.05) is 53.8 Å². The van der Waals surface area contributed by atoms with Gasteiger partial charge in [0.25, 0.3) is 5.91 Å². The van der Waals surface area contributed by atoms with Gasteiger partial charge < -0.3 is 14.8 Å². The van der Waals surface area contributed by atoms with Crippen LogP contribution in [0.15, 0.2) is 54.6 Å². The number of hydrogen-bond donors (Lipinski definition) is 2. The van der Waals surface area contributed by atoms with E-state index in [1.807, 2.05) is 30.3 Å². The number of esters is 1. The number of para-hydroxylation sites is 1. The molecule has 0 aliphatic rings. The Morgan fingerprint density at radius 1 is 0.966 bits per heavy atom. The van der Waals surface area contributed by atoms with E-state index in [2.05, 4.69) is 20.4 Å². The number of benzene rings is 2. The fourth-order valence-electron chi connectivity index (χ4n) is 2.46. The summed E-state index contributed by atoms with van der Waals surface area (Å²) in [5, 5.41) is 5.97. The van der Waals surface area contributed by atoms with Gasteiger partial charge in [-0.2, -0.15) is 0 Å². The van der Waals surface area contributed by atoms with E-state index in [9.17, 15) is 14.4 Å². The van der Waals surface area contributed by atoms with Gasteiger partial charge in [0.1, 0.15) is 16.4 Å². The molecule has 29 heavy (non-hydrogen) atoms. The van der Waals surface area contributed by atoms with Gasteiger partial charge in [0.05, 0.1) is 12.7 Å². The van der Waals surface area contributed by atoms with Crippen LogP contribution in [-0.2, 0) is 9.53 Å². The molecule has 3 aromatic rings. The summed E-state index contributed by atoms with van der Waals surface area (Å²) in [6, 6.07) is 15.6. The molecule has 1 heterocycles. The zero-order valence-corrected chi connectivity index (χ0v) is 16.4. The number of amides is 2. The molecule has 0 fully saturated rings. The van der Waals surface area contributed by atoms with Crippen LogP contribution in [0.3, 0.4) is 0 Å². The van der Waals surface area contributed by atoms with E-state index in [0.717, 1.165) is 16.9 Å². The summed E-state index contributed by atoms with van der Waals surface area (Å²) in [7, 11) is 1.25. The molecule has 0 atom stereocenters. The maximum Gasteiger partial charge on any atom is 0.413 e. The minimum absolute atomic E-state index is 0.149. The molecule has 0 aliphatic carbocycles. The molecular formula is C20H17N3O5S. The van der Waals surface area contributed by atoms with Crippen LogP contribution in [0.5, 0.6) is 5.75 Å². The highest BCUT2D eigenvalue weighted by Gasteiger charge is 2.20. The average molecular weight is 411 g/mol. The van der Waals surface area contributed by atoms with Crippen LogP contribution in [0.2, 0.25) is 0 Å². The van der Waals surface area contributed by atoms with Crippen molar-refractivity contribution in [2.45, 2.75) is 6.92 Å². The van der Waals surface area contributed by atoms with E-state index in [0.29, 0.717) is 10.7 Å². The van der Waals surface area contributed by atoms with Gasteiger partial charge in [-0.3, -0.25) is 14.9 Å². The lowest BCUT2D eigenvalue weighted by Gasteiger charge is -2.09. The Balaban J connectivity index is 1.95. The number of hydrogen-bond acceptors (Lipinski definition) is 7. The molecule has 8 nitrogen and oxygen atoms in total. The Labute approximate surface area is 170 Å². The van der Waals surface area contributed by atoms with Crippen molar-refractivity contribution in [2.24, 2.45) is 0 Å². The first-order valence-corrected chi connectivity index (χ1v) is 9.29. The zero-order chi connectivity index (χ0) is 20.8. The van der Waals surface area contributed by atoms with Crippen LogP contribution in [0, 0.1) is 0 Å². The fourth-order valence-corrected chi connectivity index (χ4v) is 3.33. The minimum atomic E-state index is -0.670. The summed E-state index contributed by atoms with van der Waals surface area (Å²) in [6.07, 6.45) is -0.670. The Morgan fingerprint density at radius 3 is 2.34 bits per heavy atom. The van der Waals surface area contributed by atoms with Gasteiger partial charge in [0, 0.05) is 12.5 Å². The molecule has 0 spiro atoms. The second-order valence-electron chi connectivity index (χ2n) is 5.72. The summed E-state index contributed by atoms with van der Waals surface area (Å²) in [6.45, 7) is 1.26. The molecule has 2 aromatic carbocycles. The molecule has 1 aromatic heterocycles. The van der Waals surface area contributed by atoms with Crippen LogP contribution in [0.1, 0.15) is 17.3 Å². The number of methoxy groups -OCH3 is 1. The normalized spacial score (nSPS) is 10.1. The Hall–Kier alpha value is -3.72. The van der Waals surface area contributed by atoms with Crippen LogP contribution < -0.4 is 15.4 Å². The van der Waals surface area contributed by atoms with Crippen LogP contribution in [-0.4, -0.2) is 30.1 Å². The minimum Gasteiger partial charge on any atom is -0.453 e. The first-order valence-electron chi connectivity index (χ1n) is 8.48. The highest BCUT2D eigenvalue weighted by Crippen LogP contribution is 2.36. The Kier molecular flexibility index (Phi) is 6.20. The molecule has 3 rings (SSSR count). The summed E-state index contributed by atoms with van der Waals surface area (Å²) in [5.74, 6) is -0.860. The number of thiazole rings is 1. The number of nitrogens with one attached hydrogen (secondary N) is 2. The fraction of sp³-hybridized carbons (Fsp3) is 0.100. The molecule has 0 saturated carbocycles. The van der Waals surface area contributed by atoms with Crippen LogP contribution in [0.25, 0.3) is 11.3 Å². The molecule has 148 valence electrons. The molecule has 0 radical (unpaired) electrons. The third-order valence-corrected chi connectivity index (χ3v) is 4.57. The average Bonchev–Trinajstić information content (AvgIpc) is 3.10. The van der Waals surface area contributed by atoms with Crippen molar-refractivity contribution in [1.82, 2.24) is 4.98 Å². The molecule has 0 aliphatic heterocycles. The predicted octanol–water partition coefficient (Wildman–Crippen LogP) is 4.17. The van der Waals surface area contributed by atoms with Crippen LogP contribution in [0.4, 0.5) is 14.9 Å². The van der Waals surface area contributed by atoms with E-state index in [4.69, 9.17) is 4.74 Å². The number of anilines is 2. The molecular weight excluding hydrogens is 394 g/mol. The topological polar surface area (TPSA) is 107 Å². The van der Waals surface area contributed by atoms with E-state index < -0.39 is 18.0 Å². The Morgan fingerprint density at radius 2 is 1.66 bits per heavy atom. The van der Waals surface area contributed by atoms with E-state index in [1.165, 1.54) is 20.1 Å². The van der Waals surface area contributed by atoms with Crippen molar-refractivity contribution in [3.8, 4) is 17.0 Å². The number of rotatable bonds is 5. The van der Waals surface area contributed by atoms with Gasteiger partial charge in [0.2, 0.25) is 0 Å². The van der Waals surface area contributed by atoms with Gasteiger partial charge in [-0.25, -0.2) is 9.78 Å². The third kappa shape index (κ3) is 4.96. The molecule has 0 saturated heterocycles. The zero-order valence-electron chi connectivity index (χ0n) is 15.6. The maximum atomic E-state index is 12.9. The highest BCUT2D eigenvalue weighted by molar-refractivity contribution is 7.20. The molecule has 2 amide bonds. The largest absolute Gasteiger partial charge is 0.453 e. The van der Waals surface area contributed by atoms with Crippen molar-refractivity contribution in [2.75, 3.05) is 17.7 Å². The predicted molar refractivity (Wildman–Crippen MR) is 109 cm³/mol. The number of carbonyl (C=O) groups is 3. The van der Waals surface area contributed by atoms with E-state index in [1.54, 1.807) is 18.2 Å². The summed E-state index contributed by atoms with van der Waals surface area (Å²) in [4.78, 5) is 40.1. The molecule has 2 N–H and O–H groups in total. The van der Waals surface area contributed by atoms with Gasteiger partial charge in [0.15, 0.2) is 5.13 Å². The lowest BCUT2D eigenvalue weighted by molar-refractivity contribution is -0.131. The van der Waals surface area contributed by atoms with Gasteiger partial charge in [-0.15, -0.1) is 0 Å². The number of carbonyl (C=O) groups excluding carboxylic acids is 3. The van der Waals surface area contributed by atoms with Crippen molar-refractivity contribution in [3.63, 3.8) is 0 Å². The maximum absolute atomic E-state index is 12.9. The van der Waals surface area contributed by atoms with E-state index in [-0.39, 0.29) is 16.4 Å². The first kappa shape index (κ1) is 20.0. The molecule has 9 heteroatoms. The lowest BCUT2D eigenvalue weighted by Crippen LogP contribution is -2.14. The quantitative estimate of drug-likeness (QED) is 0.482. The Bertz CT molecular complexity index is 1050. The lowest BCUT2D eigenvalue weighted by atomic mass is 10.1. The van der Waals surface area contributed by atoms with Gasteiger partial charge in [-0.05, 0) is 12.1 Å². The molecule has 0 bridgehead atoms. The number of nitrogens with zero attached hydrogens (tertiary/aromatic N) is 1. The van der Waals surface area contributed by atoms with Crippen molar-refractivity contribution in [1.29, 1.82) is 0 Å². The third-order valence-electron chi connectivity index (χ3n) is 3.68. The van der Waals surface area contributed by atoms with Crippen LogP contribution >= 0.6 is 11.3 Å². The highest BCUT2D eigenvalue weighted by atomic mass is 32.1. The van der Waals surface area contributed by atoms with Crippen molar-refractivity contribution < 1.29 is 23.9 Å². The second-order valence-corrected chi connectivity index (χ2v) is 6.72. The summed E-state index contributed by atoms with van der Waals surface area (Å²) in [5.41, 5.74) is 1.43. The first-order chi connectivity index (χ1) is 14.0. The monoisotopic (exact) mass is 411 g/mol. The standard InChI is InChI=1S/C20H17N3O5S/c1-12(24)28-15-11-7-6-10-14(15)17(25)22-18-16(13-8-4-3-5-9-13)21-19(29-18)23-20(26)27-2/h3-11H,1-2H3,(H,22,25)(H,21,23,26). The van der Waals surface area contributed by atoms with Crippen molar-refractivity contribution >= 4 is 39.4 Å². The smallest absolute Gasteiger partial charge is 0.413 e. The SMILES string of the molecule is COC(=O)Nc1nc(-c2ccccc2)c(NC(=O)c2ccccc2OC(C)=O)s1. The van der Waals surface area contributed by atoms with E-state index >= 15 is 0 Å².